The molecule has 0 atom stereocenters. The lowest BCUT2D eigenvalue weighted by Gasteiger charge is -2.07. The van der Waals surface area contributed by atoms with E-state index in [4.69, 9.17) is 19.0 Å². The van der Waals surface area contributed by atoms with Gasteiger partial charge in [-0.15, -0.1) is 0 Å². The molecule has 0 fully saturated rings. The van der Waals surface area contributed by atoms with Gasteiger partial charge in [0.05, 0.1) is 18.1 Å². The van der Waals surface area contributed by atoms with Crippen LogP contribution in [0, 0.1) is 0 Å². The molecule has 0 saturated heterocycles. The summed E-state index contributed by atoms with van der Waals surface area (Å²) >= 11 is 0. The summed E-state index contributed by atoms with van der Waals surface area (Å²) in [5, 5.41) is 0. The molecule has 1 N–H and O–H groups in total. The quantitative estimate of drug-likeness (QED) is 0.593. The van der Waals surface area contributed by atoms with Crippen LogP contribution in [0.3, 0.4) is 0 Å². The summed E-state index contributed by atoms with van der Waals surface area (Å²) in [6.07, 6.45) is 0. The van der Waals surface area contributed by atoms with Crippen molar-refractivity contribution in [2.45, 2.75) is 4.90 Å². The molecular weight excluding hydrogens is 262 g/mol. The Morgan fingerprint density at radius 1 is 1.28 bits per heavy atom. The van der Waals surface area contributed by atoms with Gasteiger partial charge in [0.2, 0.25) is 6.79 Å². The van der Waals surface area contributed by atoms with E-state index in [0.717, 1.165) is 0 Å². The molecule has 7 nitrogen and oxygen atoms in total. The van der Waals surface area contributed by atoms with Crippen molar-refractivity contribution >= 4 is 10.0 Å². The standard InChI is InChI=1S/C10H13NO6S/c1-14-4-5-17-11-18(12,13)8-2-3-9-10(6-8)16-7-15-9/h2-3,6,11H,4-5,7H2,1H3. The van der Waals surface area contributed by atoms with Gasteiger partial charge in [-0.2, -0.15) is 0 Å². The second-order valence-electron chi connectivity index (χ2n) is 3.44. The monoisotopic (exact) mass is 275 g/mol. The van der Waals surface area contributed by atoms with E-state index in [1.54, 1.807) is 0 Å². The summed E-state index contributed by atoms with van der Waals surface area (Å²) in [5.74, 6) is 0.920. The van der Waals surface area contributed by atoms with Crippen LogP contribution < -0.4 is 14.4 Å². The van der Waals surface area contributed by atoms with Gasteiger partial charge in [0.25, 0.3) is 10.0 Å². The van der Waals surface area contributed by atoms with Crippen molar-refractivity contribution in [2.75, 3.05) is 27.1 Å². The lowest BCUT2D eigenvalue weighted by molar-refractivity contribution is 0.0438. The molecular formula is C10H13NO6S. The summed E-state index contributed by atoms with van der Waals surface area (Å²) in [4.78, 5) is 6.82. The lowest BCUT2D eigenvalue weighted by atomic mass is 10.3. The number of benzene rings is 1. The van der Waals surface area contributed by atoms with E-state index >= 15 is 0 Å². The Bertz CT molecular complexity index is 515. The predicted octanol–water partition coefficient (Wildman–Crippen LogP) is 0.272. The van der Waals surface area contributed by atoms with Crippen LogP contribution in [-0.4, -0.2) is 35.5 Å². The summed E-state index contributed by atoms with van der Waals surface area (Å²) < 4.78 is 38.6. The number of rotatable bonds is 6. The molecule has 18 heavy (non-hydrogen) atoms. The largest absolute Gasteiger partial charge is 0.454 e. The maximum atomic E-state index is 11.8. The molecule has 0 unspecified atom stereocenters. The fourth-order valence-corrected chi connectivity index (χ4v) is 2.18. The Hall–Kier alpha value is -1.35. The molecule has 1 aromatic carbocycles. The number of sulfonamides is 1. The maximum absolute atomic E-state index is 11.8. The molecule has 100 valence electrons. The minimum Gasteiger partial charge on any atom is -0.454 e. The normalized spacial score (nSPS) is 13.8. The van der Waals surface area contributed by atoms with E-state index in [1.165, 1.54) is 25.3 Å². The molecule has 0 bridgehead atoms. The van der Waals surface area contributed by atoms with E-state index in [1.807, 2.05) is 4.89 Å². The highest BCUT2D eigenvalue weighted by Crippen LogP contribution is 2.33. The number of hydrogen-bond acceptors (Lipinski definition) is 6. The highest BCUT2D eigenvalue weighted by Gasteiger charge is 2.20. The summed E-state index contributed by atoms with van der Waals surface area (Å²) in [6, 6.07) is 4.33. The van der Waals surface area contributed by atoms with Crippen molar-refractivity contribution in [3.05, 3.63) is 18.2 Å². The third-order valence-electron chi connectivity index (χ3n) is 2.21. The van der Waals surface area contributed by atoms with Crippen LogP contribution >= 0.6 is 0 Å². The fraction of sp³-hybridized carbons (Fsp3) is 0.400. The zero-order chi connectivity index (χ0) is 13.0. The van der Waals surface area contributed by atoms with E-state index in [0.29, 0.717) is 18.1 Å². The zero-order valence-corrected chi connectivity index (χ0v) is 10.5. The van der Waals surface area contributed by atoms with Gasteiger partial charge in [0.1, 0.15) is 0 Å². The van der Waals surface area contributed by atoms with E-state index < -0.39 is 10.0 Å². The first-order valence-corrected chi connectivity index (χ1v) is 6.64. The minimum atomic E-state index is -3.73. The van der Waals surface area contributed by atoms with Crippen LogP contribution in [0.4, 0.5) is 0 Å². The van der Waals surface area contributed by atoms with Gasteiger partial charge in [-0.05, 0) is 12.1 Å². The molecule has 1 aliphatic heterocycles. The first kappa shape index (κ1) is 13.1. The lowest BCUT2D eigenvalue weighted by Crippen LogP contribution is -2.25. The topological polar surface area (TPSA) is 83.1 Å². The van der Waals surface area contributed by atoms with Crippen LogP contribution in [0.2, 0.25) is 0 Å². The smallest absolute Gasteiger partial charge is 0.262 e. The van der Waals surface area contributed by atoms with Crippen LogP contribution in [0.15, 0.2) is 23.1 Å². The highest BCUT2D eigenvalue weighted by atomic mass is 32.2. The maximum Gasteiger partial charge on any atom is 0.262 e. The van der Waals surface area contributed by atoms with Gasteiger partial charge in [-0.1, -0.05) is 4.89 Å². The van der Waals surface area contributed by atoms with Gasteiger partial charge in [0, 0.05) is 13.2 Å². The average molecular weight is 275 g/mol. The zero-order valence-electron chi connectivity index (χ0n) is 9.71. The highest BCUT2D eigenvalue weighted by molar-refractivity contribution is 7.89. The van der Waals surface area contributed by atoms with Gasteiger partial charge in [0.15, 0.2) is 11.5 Å². The van der Waals surface area contributed by atoms with Crippen molar-refractivity contribution in [3.63, 3.8) is 0 Å². The van der Waals surface area contributed by atoms with Crippen molar-refractivity contribution < 1.29 is 27.5 Å². The second kappa shape index (κ2) is 5.53. The minimum absolute atomic E-state index is 0.0455. The number of nitrogens with one attached hydrogen (secondary N) is 1. The fourth-order valence-electron chi connectivity index (χ4n) is 1.34. The summed E-state index contributed by atoms with van der Waals surface area (Å²) in [5.41, 5.74) is 0. The molecule has 1 aromatic rings. The number of methoxy groups -OCH3 is 1. The Labute approximate surface area is 105 Å². The van der Waals surface area contributed by atoms with Crippen LogP contribution in [0.25, 0.3) is 0 Å². The molecule has 0 aromatic heterocycles. The molecule has 8 heteroatoms. The molecule has 1 aliphatic rings. The first-order chi connectivity index (χ1) is 8.63. The average Bonchev–Trinajstić information content (AvgIpc) is 2.82. The summed E-state index contributed by atoms with van der Waals surface area (Å²) in [7, 11) is -2.23. The van der Waals surface area contributed by atoms with Gasteiger partial charge < -0.3 is 14.2 Å². The van der Waals surface area contributed by atoms with Gasteiger partial charge >= 0.3 is 0 Å². The third kappa shape index (κ3) is 2.91. The third-order valence-corrected chi connectivity index (χ3v) is 3.42. The molecule has 0 saturated carbocycles. The van der Waals surface area contributed by atoms with Gasteiger partial charge in [-0.25, -0.2) is 8.42 Å². The number of fused-ring (bicyclic) bond motifs is 1. The second-order valence-corrected chi connectivity index (χ2v) is 5.09. The molecule has 0 amide bonds. The van der Waals surface area contributed by atoms with Crippen LogP contribution in [0.1, 0.15) is 0 Å². The Kier molecular flexibility index (Phi) is 4.02. The number of ether oxygens (including phenoxy) is 3. The number of hydrogen-bond donors (Lipinski definition) is 1. The SMILES string of the molecule is COCCONS(=O)(=O)c1ccc2c(c1)OCO2. The summed E-state index contributed by atoms with van der Waals surface area (Å²) in [6.45, 7) is 0.514. The molecule has 0 radical (unpaired) electrons. The van der Waals surface area contributed by atoms with Crippen molar-refractivity contribution in [3.8, 4) is 11.5 Å². The molecule has 1 heterocycles. The van der Waals surface area contributed by atoms with Crippen LogP contribution in [0.5, 0.6) is 11.5 Å². The van der Waals surface area contributed by atoms with E-state index in [9.17, 15) is 8.42 Å². The van der Waals surface area contributed by atoms with E-state index in [-0.39, 0.29) is 18.3 Å². The Balaban J connectivity index is 2.05. The molecule has 0 spiro atoms. The van der Waals surface area contributed by atoms with E-state index in [2.05, 4.69) is 0 Å². The first-order valence-electron chi connectivity index (χ1n) is 5.15. The Morgan fingerprint density at radius 3 is 2.83 bits per heavy atom. The van der Waals surface area contributed by atoms with Crippen molar-refractivity contribution in [1.29, 1.82) is 0 Å². The van der Waals surface area contributed by atoms with Crippen LogP contribution in [-0.2, 0) is 19.6 Å². The Morgan fingerprint density at radius 2 is 2.06 bits per heavy atom. The molecule has 2 rings (SSSR count). The molecule has 0 aliphatic carbocycles. The van der Waals surface area contributed by atoms with Crippen molar-refractivity contribution in [1.82, 2.24) is 4.89 Å². The van der Waals surface area contributed by atoms with Crippen molar-refractivity contribution in [2.24, 2.45) is 0 Å². The predicted molar refractivity (Wildman–Crippen MR) is 60.7 cm³/mol. The van der Waals surface area contributed by atoms with Gasteiger partial charge in [-0.3, -0.25) is 4.84 Å².